The van der Waals surface area contributed by atoms with E-state index in [9.17, 15) is 18.0 Å². The number of ether oxygens (including phenoxy) is 1. The zero-order chi connectivity index (χ0) is 19.2. The number of hydrogen-bond donors (Lipinski definition) is 1. The molecule has 26 heavy (non-hydrogen) atoms. The van der Waals surface area contributed by atoms with E-state index in [1.807, 2.05) is 6.92 Å². The molecule has 0 amide bonds. The summed E-state index contributed by atoms with van der Waals surface area (Å²) in [6, 6.07) is 11.8. The third-order valence-corrected chi connectivity index (χ3v) is 3.50. The molecule has 0 aromatic heterocycles. The van der Waals surface area contributed by atoms with Gasteiger partial charge in [0.1, 0.15) is 5.75 Å². The minimum Gasteiger partial charge on any atom is -0.493 e. The highest BCUT2D eigenvalue weighted by molar-refractivity contribution is 5.85. The Morgan fingerprint density at radius 2 is 1.77 bits per heavy atom. The second kappa shape index (κ2) is 8.38. The van der Waals surface area contributed by atoms with Crippen molar-refractivity contribution in [2.45, 2.75) is 13.1 Å². The minimum absolute atomic E-state index is 0.419. The molecule has 6 heteroatoms. The van der Waals surface area contributed by atoms with Crippen molar-refractivity contribution in [1.82, 2.24) is 0 Å². The highest BCUT2D eigenvalue weighted by Crippen LogP contribution is 2.34. The average Bonchev–Trinajstić information content (AvgIpc) is 2.59. The van der Waals surface area contributed by atoms with Crippen LogP contribution in [0.25, 0.3) is 5.57 Å². The van der Waals surface area contributed by atoms with Crippen molar-refractivity contribution in [3.8, 4) is 5.75 Å². The van der Waals surface area contributed by atoms with Crippen molar-refractivity contribution < 1.29 is 27.8 Å². The number of carbonyl (C=O) groups is 1. The number of rotatable bonds is 6. The van der Waals surface area contributed by atoms with E-state index >= 15 is 0 Å². The van der Waals surface area contributed by atoms with Crippen molar-refractivity contribution in [3.63, 3.8) is 0 Å². The lowest BCUT2D eigenvalue weighted by Crippen LogP contribution is -2.04. The molecule has 1 N–H and O–H groups in total. The molecule has 0 spiro atoms. The average molecular weight is 362 g/mol. The quantitative estimate of drug-likeness (QED) is 0.569. The molecule has 0 heterocycles. The predicted octanol–water partition coefficient (Wildman–Crippen LogP) is 5.18. The van der Waals surface area contributed by atoms with Gasteiger partial charge in [-0.15, -0.1) is 0 Å². The Hall–Kier alpha value is -3.02. The first-order valence-electron chi connectivity index (χ1n) is 7.84. The second-order valence-corrected chi connectivity index (χ2v) is 5.28. The number of allylic oxidation sites excluding steroid dienone is 2. The molecule has 0 saturated carbocycles. The summed E-state index contributed by atoms with van der Waals surface area (Å²) in [7, 11) is 0. The molecule has 0 bridgehead atoms. The van der Waals surface area contributed by atoms with Crippen molar-refractivity contribution in [2.24, 2.45) is 0 Å². The van der Waals surface area contributed by atoms with Gasteiger partial charge in [0.25, 0.3) is 0 Å². The SMILES string of the molecule is CCOc1ccccc1C(=CC=CC(=O)O)c1ccc(C(F)(F)F)cc1. The number of para-hydroxylation sites is 1. The summed E-state index contributed by atoms with van der Waals surface area (Å²) in [5, 5.41) is 8.77. The fourth-order valence-corrected chi connectivity index (χ4v) is 2.38. The smallest absolute Gasteiger partial charge is 0.416 e. The lowest BCUT2D eigenvalue weighted by molar-refractivity contribution is -0.137. The zero-order valence-electron chi connectivity index (χ0n) is 14.0. The molecule has 0 fully saturated rings. The molecule has 0 aliphatic rings. The Balaban J connectivity index is 2.54. The first kappa shape index (κ1) is 19.3. The number of carboxylic acid groups (broad SMARTS) is 1. The number of carboxylic acids is 1. The van der Waals surface area contributed by atoms with Crippen LogP contribution in [0.2, 0.25) is 0 Å². The Labute approximate surface area is 149 Å². The van der Waals surface area contributed by atoms with E-state index < -0.39 is 17.7 Å². The van der Waals surface area contributed by atoms with E-state index in [1.165, 1.54) is 24.3 Å². The summed E-state index contributed by atoms with van der Waals surface area (Å²) in [6.45, 7) is 2.24. The van der Waals surface area contributed by atoms with Crippen LogP contribution in [0.4, 0.5) is 13.2 Å². The molecule has 0 aliphatic carbocycles. The highest BCUT2D eigenvalue weighted by atomic mass is 19.4. The third-order valence-electron chi connectivity index (χ3n) is 3.50. The van der Waals surface area contributed by atoms with Crippen LogP contribution < -0.4 is 4.74 Å². The lowest BCUT2D eigenvalue weighted by Gasteiger charge is -2.14. The minimum atomic E-state index is -4.42. The molecular formula is C20H17F3O3. The Bertz CT molecular complexity index is 819. The molecule has 0 atom stereocenters. The molecule has 2 rings (SSSR count). The van der Waals surface area contributed by atoms with Crippen LogP contribution in [-0.4, -0.2) is 17.7 Å². The molecule has 0 saturated heterocycles. The van der Waals surface area contributed by atoms with Gasteiger partial charge in [-0.25, -0.2) is 4.79 Å². The number of alkyl halides is 3. The van der Waals surface area contributed by atoms with E-state index in [-0.39, 0.29) is 0 Å². The van der Waals surface area contributed by atoms with Gasteiger partial charge in [-0.05, 0) is 36.3 Å². The maximum atomic E-state index is 12.8. The van der Waals surface area contributed by atoms with Crippen LogP contribution in [0, 0.1) is 0 Å². The van der Waals surface area contributed by atoms with Crippen LogP contribution in [0.5, 0.6) is 5.75 Å². The Morgan fingerprint density at radius 1 is 1.12 bits per heavy atom. The van der Waals surface area contributed by atoms with Crippen molar-refractivity contribution >= 4 is 11.5 Å². The summed E-state index contributed by atoms with van der Waals surface area (Å²) in [4.78, 5) is 10.7. The number of aliphatic carboxylic acids is 1. The lowest BCUT2D eigenvalue weighted by atomic mass is 9.95. The number of halogens is 3. The van der Waals surface area contributed by atoms with Gasteiger partial charge in [0.15, 0.2) is 0 Å². The summed E-state index contributed by atoms with van der Waals surface area (Å²) < 4.78 is 43.9. The fourth-order valence-electron chi connectivity index (χ4n) is 2.38. The van der Waals surface area contributed by atoms with Gasteiger partial charge in [0.05, 0.1) is 12.2 Å². The fraction of sp³-hybridized carbons (Fsp3) is 0.150. The van der Waals surface area contributed by atoms with Crippen LogP contribution in [-0.2, 0) is 11.0 Å². The third kappa shape index (κ3) is 4.99. The van der Waals surface area contributed by atoms with Crippen LogP contribution in [0.15, 0.2) is 66.8 Å². The largest absolute Gasteiger partial charge is 0.493 e. The first-order chi connectivity index (χ1) is 12.3. The van der Waals surface area contributed by atoms with Gasteiger partial charge in [-0.1, -0.05) is 42.5 Å². The molecule has 0 aliphatic heterocycles. The van der Waals surface area contributed by atoms with Gasteiger partial charge in [0, 0.05) is 11.6 Å². The first-order valence-corrected chi connectivity index (χ1v) is 7.84. The molecular weight excluding hydrogens is 345 g/mol. The molecule has 0 unspecified atom stereocenters. The van der Waals surface area contributed by atoms with Gasteiger partial charge in [-0.3, -0.25) is 0 Å². The van der Waals surface area contributed by atoms with E-state index in [0.29, 0.717) is 29.1 Å². The highest BCUT2D eigenvalue weighted by Gasteiger charge is 2.30. The monoisotopic (exact) mass is 362 g/mol. The van der Waals surface area contributed by atoms with Crippen LogP contribution in [0.1, 0.15) is 23.6 Å². The normalized spacial score (nSPS) is 12.4. The Morgan fingerprint density at radius 3 is 2.35 bits per heavy atom. The van der Waals surface area contributed by atoms with E-state index in [2.05, 4.69) is 0 Å². The summed E-state index contributed by atoms with van der Waals surface area (Å²) in [5.41, 5.74) is 0.976. The van der Waals surface area contributed by atoms with Crippen molar-refractivity contribution in [3.05, 3.63) is 83.4 Å². The summed E-state index contributed by atoms with van der Waals surface area (Å²) in [5.74, 6) is -0.559. The van der Waals surface area contributed by atoms with Crippen molar-refractivity contribution in [1.29, 1.82) is 0 Å². The van der Waals surface area contributed by atoms with E-state index in [0.717, 1.165) is 18.2 Å². The predicted molar refractivity (Wildman–Crippen MR) is 92.9 cm³/mol. The van der Waals surface area contributed by atoms with Gasteiger partial charge in [-0.2, -0.15) is 13.2 Å². The maximum absolute atomic E-state index is 12.8. The number of hydrogen-bond acceptors (Lipinski definition) is 2. The Kier molecular flexibility index (Phi) is 6.22. The zero-order valence-corrected chi connectivity index (χ0v) is 14.0. The van der Waals surface area contributed by atoms with E-state index in [4.69, 9.17) is 9.84 Å². The second-order valence-electron chi connectivity index (χ2n) is 5.28. The summed E-state index contributed by atoms with van der Waals surface area (Å²) in [6.07, 6.45) is -0.602. The molecule has 2 aromatic carbocycles. The maximum Gasteiger partial charge on any atom is 0.416 e. The van der Waals surface area contributed by atoms with Crippen LogP contribution in [0.3, 0.4) is 0 Å². The molecule has 0 radical (unpaired) electrons. The van der Waals surface area contributed by atoms with Gasteiger partial charge >= 0.3 is 12.1 Å². The van der Waals surface area contributed by atoms with Gasteiger partial charge < -0.3 is 9.84 Å². The van der Waals surface area contributed by atoms with E-state index in [1.54, 1.807) is 24.3 Å². The topological polar surface area (TPSA) is 46.5 Å². The molecule has 3 nitrogen and oxygen atoms in total. The molecule has 136 valence electrons. The standard InChI is InChI=1S/C20H17F3O3/c1-2-26-18-8-4-3-6-17(18)16(7-5-9-19(24)25)14-10-12-15(13-11-14)20(21,22)23/h3-13H,2H2,1H3,(H,24,25). The van der Waals surface area contributed by atoms with Gasteiger partial charge in [0.2, 0.25) is 0 Å². The number of benzene rings is 2. The van der Waals surface area contributed by atoms with Crippen molar-refractivity contribution in [2.75, 3.05) is 6.61 Å². The van der Waals surface area contributed by atoms with Crippen LogP contribution >= 0.6 is 0 Å². The molecule has 2 aromatic rings. The summed E-state index contributed by atoms with van der Waals surface area (Å²) >= 11 is 0.